The number of likely N-dealkylation sites (N-methyl/N-ethyl adjacent to an activating group) is 1. The van der Waals surface area contributed by atoms with E-state index in [1.165, 1.54) is 0 Å². The fourth-order valence-corrected chi connectivity index (χ4v) is 4.48. The first-order chi connectivity index (χ1) is 9.49. The van der Waals surface area contributed by atoms with Crippen LogP contribution in [0.2, 0.25) is 0 Å². The number of thiazole rings is 1. The first-order valence-electron chi connectivity index (χ1n) is 6.45. The van der Waals surface area contributed by atoms with Crippen molar-refractivity contribution in [1.29, 1.82) is 0 Å². The van der Waals surface area contributed by atoms with Crippen LogP contribution >= 0.6 is 23.1 Å². The Kier molecular flexibility index (Phi) is 3.48. The molecule has 1 unspecified atom stereocenters. The first kappa shape index (κ1) is 13.9. The summed E-state index contributed by atoms with van der Waals surface area (Å²) in [5, 5.41) is 11.4. The predicted octanol–water partition coefficient (Wildman–Crippen LogP) is 2.44. The van der Waals surface area contributed by atoms with E-state index in [1.807, 2.05) is 25.1 Å². The van der Waals surface area contributed by atoms with Gasteiger partial charge in [0.05, 0.1) is 15.2 Å². The molecule has 1 aliphatic rings. The molecule has 1 aromatic heterocycles. The minimum absolute atomic E-state index is 0.219. The van der Waals surface area contributed by atoms with Crippen LogP contribution in [-0.2, 0) is 4.79 Å². The quantitative estimate of drug-likeness (QED) is 0.926. The standard InChI is InChI=1S/C14H16N2O2S2/c1-9-15-11-4-3-10(7-12(11)20-9)16(2)13(17)14(18)5-6-19-8-14/h3-4,7,18H,5-6,8H2,1-2H3. The van der Waals surface area contributed by atoms with Crippen molar-refractivity contribution in [2.45, 2.75) is 18.9 Å². The monoisotopic (exact) mass is 308 g/mol. The van der Waals surface area contributed by atoms with E-state index in [1.54, 1.807) is 35.0 Å². The van der Waals surface area contributed by atoms with Gasteiger partial charge in [0.25, 0.3) is 5.91 Å². The zero-order valence-corrected chi connectivity index (χ0v) is 13.1. The van der Waals surface area contributed by atoms with Gasteiger partial charge in [-0.3, -0.25) is 4.79 Å². The van der Waals surface area contributed by atoms with Crippen LogP contribution in [0.25, 0.3) is 10.2 Å². The van der Waals surface area contributed by atoms with Gasteiger partial charge in [-0.15, -0.1) is 11.3 Å². The Balaban J connectivity index is 1.91. The summed E-state index contributed by atoms with van der Waals surface area (Å²) >= 11 is 3.23. The summed E-state index contributed by atoms with van der Waals surface area (Å²) in [4.78, 5) is 18.4. The molecule has 1 aromatic carbocycles. The highest BCUT2D eigenvalue weighted by Crippen LogP contribution is 2.32. The van der Waals surface area contributed by atoms with Crippen molar-refractivity contribution < 1.29 is 9.90 Å². The lowest BCUT2D eigenvalue weighted by molar-refractivity contribution is -0.134. The molecule has 0 aliphatic carbocycles. The van der Waals surface area contributed by atoms with Gasteiger partial charge in [0.1, 0.15) is 0 Å². The van der Waals surface area contributed by atoms with E-state index in [9.17, 15) is 9.90 Å². The second kappa shape index (κ2) is 5.02. The van der Waals surface area contributed by atoms with Crippen LogP contribution in [0.1, 0.15) is 11.4 Å². The van der Waals surface area contributed by atoms with Crippen LogP contribution in [0.15, 0.2) is 18.2 Å². The maximum absolute atomic E-state index is 12.5. The summed E-state index contributed by atoms with van der Waals surface area (Å²) in [5.74, 6) is 1.10. The van der Waals surface area contributed by atoms with Crippen molar-refractivity contribution in [3.8, 4) is 0 Å². The lowest BCUT2D eigenvalue weighted by Crippen LogP contribution is -2.47. The average Bonchev–Trinajstić information content (AvgIpc) is 3.02. The molecule has 2 heterocycles. The van der Waals surface area contributed by atoms with E-state index in [4.69, 9.17) is 0 Å². The van der Waals surface area contributed by atoms with Gasteiger partial charge in [0.2, 0.25) is 0 Å². The maximum Gasteiger partial charge on any atom is 0.259 e. The predicted molar refractivity (Wildman–Crippen MR) is 84.7 cm³/mol. The number of thioether (sulfide) groups is 1. The summed E-state index contributed by atoms with van der Waals surface area (Å²) in [7, 11) is 1.72. The number of hydrogen-bond donors (Lipinski definition) is 1. The van der Waals surface area contributed by atoms with E-state index in [0.29, 0.717) is 12.2 Å². The lowest BCUT2D eigenvalue weighted by Gasteiger charge is -2.27. The highest BCUT2D eigenvalue weighted by atomic mass is 32.2. The molecule has 2 aromatic rings. The molecule has 0 radical (unpaired) electrons. The van der Waals surface area contributed by atoms with E-state index in [2.05, 4.69) is 4.98 Å². The molecule has 1 N–H and O–H groups in total. The van der Waals surface area contributed by atoms with E-state index < -0.39 is 5.60 Å². The molecule has 0 saturated carbocycles. The lowest BCUT2D eigenvalue weighted by atomic mass is 10.0. The third-order valence-corrected chi connectivity index (χ3v) is 5.68. The van der Waals surface area contributed by atoms with Gasteiger partial charge in [-0.2, -0.15) is 11.8 Å². The number of aliphatic hydroxyl groups is 1. The number of anilines is 1. The molecule has 106 valence electrons. The fourth-order valence-electron chi connectivity index (χ4n) is 2.39. The minimum atomic E-state index is -1.21. The highest BCUT2D eigenvalue weighted by molar-refractivity contribution is 7.99. The smallest absolute Gasteiger partial charge is 0.259 e. The third kappa shape index (κ3) is 2.32. The first-order valence-corrected chi connectivity index (χ1v) is 8.42. The van der Waals surface area contributed by atoms with Crippen LogP contribution in [-0.4, -0.2) is 40.2 Å². The second-order valence-corrected chi connectivity index (χ2v) is 7.42. The van der Waals surface area contributed by atoms with Crippen molar-refractivity contribution >= 4 is 44.9 Å². The number of aromatic nitrogens is 1. The molecule has 20 heavy (non-hydrogen) atoms. The Morgan fingerprint density at radius 1 is 1.50 bits per heavy atom. The molecule has 6 heteroatoms. The molecular weight excluding hydrogens is 292 g/mol. The number of carbonyl (C=O) groups excluding carboxylic acids is 1. The Labute approximate surface area is 125 Å². The van der Waals surface area contributed by atoms with Crippen LogP contribution in [0.5, 0.6) is 0 Å². The van der Waals surface area contributed by atoms with Crippen molar-refractivity contribution in [1.82, 2.24) is 4.98 Å². The molecule has 1 amide bonds. The molecular formula is C14H16N2O2S2. The Hall–Kier alpha value is -1.11. The maximum atomic E-state index is 12.5. The minimum Gasteiger partial charge on any atom is -0.379 e. The van der Waals surface area contributed by atoms with Crippen molar-refractivity contribution in [2.75, 3.05) is 23.5 Å². The summed E-state index contributed by atoms with van der Waals surface area (Å²) in [6.07, 6.45) is 0.531. The summed E-state index contributed by atoms with van der Waals surface area (Å²) in [6.45, 7) is 1.97. The van der Waals surface area contributed by atoms with Gasteiger partial charge in [-0.1, -0.05) is 0 Å². The fraction of sp³-hybridized carbons (Fsp3) is 0.429. The van der Waals surface area contributed by atoms with Crippen LogP contribution in [0, 0.1) is 6.92 Å². The average molecular weight is 308 g/mol. The molecule has 3 rings (SSSR count). The van der Waals surface area contributed by atoms with Gasteiger partial charge in [-0.25, -0.2) is 4.98 Å². The third-order valence-electron chi connectivity index (χ3n) is 3.57. The van der Waals surface area contributed by atoms with E-state index >= 15 is 0 Å². The molecule has 0 spiro atoms. The van der Waals surface area contributed by atoms with Gasteiger partial charge < -0.3 is 10.0 Å². The summed E-state index contributed by atoms with van der Waals surface area (Å²) in [6, 6.07) is 5.76. The van der Waals surface area contributed by atoms with Crippen LogP contribution < -0.4 is 4.90 Å². The topological polar surface area (TPSA) is 53.4 Å². The molecule has 1 atom stereocenters. The Morgan fingerprint density at radius 3 is 3.00 bits per heavy atom. The Morgan fingerprint density at radius 2 is 2.30 bits per heavy atom. The zero-order valence-electron chi connectivity index (χ0n) is 11.4. The number of carbonyl (C=O) groups is 1. The summed E-state index contributed by atoms with van der Waals surface area (Å²) < 4.78 is 1.06. The number of benzene rings is 1. The van der Waals surface area contributed by atoms with Crippen molar-refractivity contribution in [2.24, 2.45) is 0 Å². The number of fused-ring (bicyclic) bond motifs is 1. The highest BCUT2D eigenvalue weighted by Gasteiger charge is 2.41. The number of rotatable bonds is 2. The number of nitrogens with zero attached hydrogens (tertiary/aromatic N) is 2. The largest absolute Gasteiger partial charge is 0.379 e. The van der Waals surface area contributed by atoms with Crippen LogP contribution in [0.4, 0.5) is 5.69 Å². The SMILES string of the molecule is Cc1nc2ccc(N(C)C(=O)C3(O)CCSC3)cc2s1. The van der Waals surface area contributed by atoms with Gasteiger partial charge in [0.15, 0.2) is 5.60 Å². The van der Waals surface area contributed by atoms with Crippen molar-refractivity contribution in [3.05, 3.63) is 23.2 Å². The van der Waals surface area contributed by atoms with Crippen molar-refractivity contribution in [3.63, 3.8) is 0 Å². The van der Waals surface area contributed by atoms with E-state index in [-0.39, 0.29) is 5.91 Å². The van der Waals surface area contributed by atoms with E-state index in [0.717, 1.165) is 26.7 Å². The molecule has 4 nitrogen and oxygen atoms in total. The van der Waals surface area contributed by atoms with Gasteiger partial charge >= 0.3 is 0 Å². The Bertz CT molecular complexity index is 662. The number of amides is 1. The van der Waals surface area contributed by atoms with Gasteiger partial charge in [-0.05, 0) is 37.3 Å². The molecule has 1 saturated heterocycles. The number of hydrogen-bond acceptors (Lipinski definition) is 5. The van der Waals surface area contributed by atoms with Crippen LogP contribution in [0.3, 0.4) is 0 Å². The zero-order chi connectivity index (χ0) is 14.3. The number of aryl methyl sites for hydroxylation is 1. The molecule has 1 aliphatic heterocycles. The normalized spacial score (nSPS) is 22.4. The molecule has 0 bridgehead atoms. The second-order valence-electron chi connectivity index (χ2n) is 5.08. The van der Waals surface area contributed by atoms with Gasteiger partial charge in [0, 0.05) is 18.5 Å². The summed E-state index contributed by atoms with van der Waals surface area (Å²) in [5.41, 5.74) is 0.543. The molecule has 1 fully saturated rings.